The van der Waals surface area contributed by atoms with Crippen LogP contribution in [0.25, 0.3) is 0 Å². The van der Waals surface area contributed by atoms with Gasteiger partial charge in [0.1, 0.15) is 5.75 Å². The van der Waals surface area contributed by atoms with Gasteiger partial charge in [-0.3, -0.25) is 4.79 Å². The molecule has 0 saturated carbocycles. The van der Waals surface area contributed by atoms with E-state index in [1.165, 1.54) is 19.2 Å². The Balaban J connectivity index is 1.87. The van der Waals surface area contributed by atoms with Gasteiger partial charge in [0.15, 0.2) is 12.4 Å². The number of amides is 1. The number of methoxy groups -OCH3 is 2. The van der Waals surface area contributed by atoms with E-state index < -0.39 is 18.5 Å². The fourth-order valence-electron chi connectivity index (χ4n) is 2.12. The Hall–Kier alpha value is -2.44. The number of esters is 1. The molecule has 1 N–H and O–H groups in total. The Morgan fingerprint density at radius 1 is 1.04 bits per heavy atom. The van der Waals surface area contributed by atoms with E-state index in [4.69, 9.17) is 37.4 Å². The van der Waals surface area contributed by atoms with E-state index in [1.807, 2.05) is 12.1 Å². The van der Waals surface area contributed by atoms with Crippen molar-refractivity contribution in [3.8, 4) is 11.5 Å². The van der Waals surface area contributed by atoms with Gasteiger partial charge >= 0.3 is 5.97 Å². The van der Waals surface area contributed by atoms with Crippen LogP contribution in [0, 0.1) is 0 Å². The molecule has 26 heavy (non-hydrogen) atoms. The van der Waals surface area contributed by atoms with Crippen LogP contribution in [-0.4, -0.2) is 32.7 Å². The zero-order chi connectivity index (χ0) is 19.1. The summed E-state index contributed by atoms with van der Waals surface area (Å²) in [5.41, 5.74) is 0.985. The third-order valence-corrected chi connectivity index (χ3v) is 3.96. The van der Waals surface area contributed by atoms with Crippen molar-refractivity contribution in [1.82, 2.24) is 5.32 Å². The van der Waals surface area contributed by atoms with Crippen LogP contribution in [0.15, 0.2) is 36.4 Å². The molecule has 0 aliphatic carbocycles. The number of hydrogen-bond acceptors (Lipinski definition) is 5. The summed E-state index contributed by atoms with van der Waals surface area (Å²) in [6.07, 6.45) is 0. The maximum Gasteiger partial charge on any atom is 0.338 e. The second-order valence-electron chi connectivity index (χ2n) is 5.18. The Morgan fingerprint density at radius 3 is 2.35 bits per heavy atom. The van der Waals surface area contributed by atoms with Crippen molar-refractivity contribution in [2.24, 2.45) is 0 Å². The highest BCUT2D eigenvalue weighted by atomic mass is 35.5. The first-order chi connectivity index (χ1) is 12.4. The Morgan fingerprint density at radius 2 is 1.73 bits per heavy atom. The number of benzene rings is 2. The Kier molecular flexibility index (Phi) is 7.12. The number of hydrogen-bond donors (Lipinski definition) is 1. The molecule has 0 unspecified atom stereocenters. The molecule has 0 heterocycles. The zero-order valence-corrected chi connectivity index (χ0v) is 15.7. The molecule has 0 aliphatic heterocycles. The van der Waals surface area contributed by atoms with Crippen LogP contribution in [0.2, 0.25) is 10.0 Å². The molecule has 2 aromatic carbocycles. The second kappa shape index (κ2) is 9.31. The van der Waals surface area contributed by atoms with Gasteiger partial charge in [-0.2, -0.15) is 0 Å². The third kappa shape index (κ3) is 5.28. The minimum Gasteiger partial charge on any atom is -0.497 e. The first-order valence-electron chi connectivity index (χ1n) is 7.54. The highest BCUT2D eigenvalue weighted by Gasteiger charge is 2.15. The summed E-state index contributed by atoms with van der Waals surface area (Å²) in [7, 11) is 2.98. The quantitative estimate of drug-likeness (QED) is 0.723. The zero-order valence-electron chi connectivity index (χ0n) is 14.2. The lowest BCUT2D eigenvalue weighted by Gasteiger charge is -2.10. The molecule has 1 amide bonds. The average Bonchev–Trinajstić information content (AvgIpc) is 2.64. The maximum absolute atomic E-state index is 12.0. The van der Waals surface area contributed by atoms with Crippen molar-refractivity contribution < 1.29 is 23.8 Å². The molecule has 0 fully saturated rings. The van der Waals surface area contributed by atoms with Crippen LogP contribution in [0.3, 0.4) is 0 Å². The van der Waals surface area contributed by atoms with Gasteiger partial charge in [-0.25, -0.2) is 4.79 Å². The largest absolute Gasteiger partial charge is 0.497 e. The fourth-order valence-corrected chi connectivity index (χ4v) is 2.76. The fraction of sp³-hybridized carbons (Fsp3) is 0.222. The number of carbonyl (C=O) groups excluding carboxylic acids is 2. The van der Waals surface area contributed by atoms with Crippen LogP contribution in [0.5, 0.6) is 11.5 Å². The van der Waals surface area contributed by atoms with Crippen molar-refractivity contribution in [2.45, 2.75) is 6.54 Å². The van der Waals surface area contributed by atoms with E-state index in [9.17, 15) is 9.59 Å². The number of rotatable bonds is 7. The summed E-state index contributed by atoms with van der Waals surface area (Å²) >= 11 is 12.0. The van der Waals surface area contributed by atoms with Gasteiger partial charge in [0, 0.05) is 6.54 Å². The third-order valence-electron chi connectivity index (χ3n) is 3.40. The van der Waals surface area contributed by atoms with Crippen molar-refractivity contribution in [1.29, 1.82) is 0 Å². The Bertz CT molecular complexity index is 787. The highest BCUT2D eigenvalue weighted by molar-refractivity contribution is 6.37. The molecule has 0 bridgehead atoms. The lowest BCUT2D eigenvalue weighted by atomic mass is 10.2. The molecule has 0 atom stereocenters. The molecule has 2 aromatic rings. The van der Waals surface area contributed by atoms with Crippen LogP contribution in [0.1, 0.15) is 15.9 Å². The van der Waals surface area contributed by atoms with E-state index in [2.05, 4.69) is 5.32 Å². The van der Waals surface area contributed by atoms with Crippen molar-refractivity contribution >= 4 is 35.1 Å². The van der Waals surface area contributed by atoms with Crippen molar-refractivity contribution in [3.63, 3.8) is 0 Å². The minimum atomic E-state index is -0.715. The highest BCUT2D eigenvalue weighted by Crippen LogP contribution is 2.33. The van der Waals surface area contributed by atoms with Crippen LogP contribution >= 0.6 is 23.2 Å². The van der Waals surface area contributed by atoms with E-state index in [1.54, 1.807) is 19.2 Å². The van der Waals surface area contributed by atoms with E-state index in [0.717, 1.165) is 5.56 Å². The molecule has 0 spiro atoms. The molecule has 0 aliphatic rings. The van der Waals surface area contributed by atoms with Gasteiger partial charge in [-0.1, -0.05) is 35.3 Å². The van der Waals surface area contributed by atoms with Crippen molar-refractivity contribution in [3.05, 3.63) is 57.6 Å². The summed E-state index contributed by atoms with van der Waals surface area (Å²) in [4.78, 5) is 23.9. The molecule has 138 valence electrons. The summed E-state index contributed by atoms with van der Waals surface area (Å²) in [6.45, 7) is -0.141. The minimum absolute atomic E-state index is 0.126. The standard InChI is InChI=1S/C18H17Cl2NO5/c1-24-13-5-3-4-11(6-13)9-21-16(22)10-26-18(23)12-7-14(19)17(25-2)15(20)8-12/h3-8H,9-10H2,1-2H3,(H,21,22). The van der Waals surface area contributed by atoms with Gasteiger partial charge < -0.3 is 19.5 Å². The number of carbonyl (C=O) groups is 2. The smallest absolute Gasteiger partial charge is 0.338 e. The predicted molar refractivity (Wildman–Crippen MR) is 98.1 cm³/mol. The van der Waals surface area contributed by atoms with E-state index >= 15 is 0 Å². The van der Waals surface area contributed by atoms with E-state index in [-0.39, 0.29) is 27.9 Å². The summed E-state index contributed by atoms with van der Waals surface area (Å²) in [5, 5.41) is 3.01. The first kappa shape index (κ1) is 19.9. The SMILES string of the molecule is COc1cccc(CNC(=O)COC(=O)c2cc(Cl)c(OC)c(Cl)c2)c1. The van der Waals surface area contributed by atoms with Crippen LogP contribution in [0.4, 0.5) is 0 Å². The first-order valence-corrected chi connectivity index (χ1v) is 8.30. The van der Waals surface area contributed by atoms with Gasteiger partial charge in [-0.15, -0.1) is 0 Å². The number of nitrogens with one attached hydrogen (secondary N) is 1. The summed E-state index contributed by atoms with van der Waals surface area (Å²) < 4.78 is 15.1. The summed E-state index contributed by atoms with van der Waals surface area (Å²) in [6, 6.07) is 9.99. The molecule has 0 aromatic heterocycles. The van der Waals surface area contributed by atoms with Gasteiger partial charge in [0.2, 0.25) is 0 Å². The molecular formula is C18H17Cl2NO5. The molecule has 0 radical (unpaired) electrons. The lowest BCUT2D eigenvalue weighted by Crippen LogP contribution is -2.28. The lowest BCUT2D eigenvalue weighted by molar-refractivity contribution is -0.124. The molecule has 6 nitrogen and oxygen atoms in total. The number of halogens is 2. The normalized spacial score (nSPS) is 10.2. The van der Waals surface area contributed by atoms with Gasteiger partial charge in [0.25, 0.3) is 5.91 Å². The number of ether oxygens (including phenoxy) is 3. The summed E-state index contributed by atoms with van der Waals surface area (Å²) in [5.74, 6) is -0.197. The topological polar surface area (TPSA) is 73.9 Å². The predicted octanol–water partition coefficient (Wildman–Crippen LogP) is 3.48. The van der Waals surface area contributed by atoms with Crippen LogP contribution in [-0.2, 0) is 16.1 Å². The Labute approximate surface area is 160 Å². The average molecular weight is 398 g/mol. The van der Waals surface area contributed by atoms with E-state index in [0.29, 0.717) is 5.75 Å². The molecule has 0 saturated heterocycles. The monoisotopic (exact) mass is 397 g/mol. The maximum atomic E-state index is 12.0. The van der Waals surface area contributed by atoms with Crippen LogP contribution < -0.4 is 14.8 Å². The molecular weight excluding hydrogens is 381 g/mol. The van der Waals surface area contributed by atoms with Crippen molar-refractivity contribution in [2.75, 3.05) is 20.8 Å². The van der Waals surface area contributed by atoms with Gasteiger partial charge in [0.05, 0.1) is 29.8 Å². The second-order valence-corrected chi connectivity index (χ2v) is 5.99. The molecule has 2 rings (SSSR count). The molecule has 8 heteroatoms. The van der Waals surface area contributed by atoms with Gasteiger partial charge in [-0.05, 0) is 29.8 Å².